The topological polar surface area (TPSA) is 67.1 Å². The molecule has 5 nitrogen and oxygen atoms in total. The number of rotatable bonds is 6. The Morgan fingerprint density at radius 2 is 2.25 bits per heavy atom. The number of hydrogen-bond donors (Lipinski definition) is 2. The van der Waals surface area contributed by atoms with E-state index in [0.717, 1.165) is 31.5 Å². The van der Waals surface area contributed by atoms with Crippen LogP contribution < -0.4 is 11.1 Å². The highest BCUT2D eigenvalue weighted by Gasteiger charge is 2.26. The molecule has 3 N–H and O–H groups in total. The van der Waals surface area contributed by atoms with Crippen LogP contribution in [0.1, 0.15) is 19.8 Å². The van der Waals surface area contributed by atoms with Crippen LogP contribution in [-0.2, 0) is 0 Å². The summed E-state index contributed by atoms with van der Waals surface area (Å²) in [6, 6.07) is 0.823. The molecule has 1 aliphatic carbocycles. The van der Waals surface area contributed by atoms with Gasteiger partial charge in [0.2, 0.25) is 0 Å². The third-order valence-electron chi connectivity index (χ3n) is 2.85. The smallest absolute Gasteiger partial charge is 0.144 e. The fourth-order valence-electron chi connectivity index (χ4n) is 1.80. The molecule has 1 aromatic heterocycles. The Morgan fingerprint density at radius 3 is 2.81 bits per heavy atom. The molecule has 1 saturated carbocycles. The maximum Gasteiger partial charge on any atom is 0.144 e. The number of anilines is 2. The van der Waals surface area contributed by atoms with Crippen LogP contribution in [0.25, 0.3) is 0 Å². The molecule has 2 rings (SSSR count). The monoisotopic (exact) mass is 221 g/mol. The van der Waals surface area contributed by atoms with Crippen LogP contribution in [0, 0.1) is 0 Å². The van der Waals surface area contributed by atoms with Crippen LogP contribution in [-0.4, -0.2) is 40.5 Å². The van der Waals surface area contributed by atoms with Crippen LogP contribution in [0.4, 0.5) is 11.6 Å². The highest BCUT2D eigenvalue weighted by molar-refractivity contribution is 5.35. The molecule has 1 aliphatic rings. The minimum Gasteiger partial charge on any atom is -0.382 e. The van der Waals surface area contributed by atoms with Crippen LogP contribution in [0.15, 0.2) is 12.4 Å². The Labute approximate surface area is 96.1 Å². The molecule has 0 unspecified atom stereocenters. The summed E-state index contributed by atoms with van der Waals surface area (Å²) in [6.45, 7) is 5.30. The van der Waals surface area contributed by atoms with E-state index in [4.69, 9.17) is 5.73 Å². The van der Waals surface area contributed by atoms with Gasteiger partial charge in [-0.15, -0.1) is 0 Å². The normalized spacial score (nSPS) is 15.4. The van der Waals surface area contributed by atoms with Gasteiger partial charge in [0.1, 0.15) is 11.6 Å². The second-order valence-electron chi connectivity index (χ2n) is 4.11. The van der Waals surface area contributed by atoms with Crippen molar-refractivity contribution in [1.82, 2.24) is 14.9 Å². The summed E-state index contributed by atoms with van der Waals surface area (Å²) < 4.78 is 0. The van der Waals surface area contributed by atoms with E-state index < -0.39 is 0 Å². The average molecular weight is 221 g/mol. The van der Waals surface area contributed by atoms with Crippen molar-refractivity contribution in [2.24, 2.45) is 0 Å². The van der Waals surface area contributed by atoms with Gasteiger partial charge in [-0.3, -0.25) is 4.90 Å². The van der Waals surface area contributed by atoms with E-state index in [9.17, 15) is 0 Å². The van der Waals surface area contributed by atoms with E-state index in [0.29, 0.717) is 5.82 Å². The molecule has 88 valence electrons. The first-order chi connectivity index (χ1) is 7.79. The van der Waals surface area contributed by atoms with Gasteiger partial charge in [-0.25, -0.2) is 9.97 Å². The minimum atomic E-state index is 0.457. The summed E-state index contributed by atoms with van der Waals surface area (Å²) in [5.41, 5.74) is 5.46. The van der Waals surface area contributed by atoms with Crippen molar-refractivity contribution < 1.29 is 0 Å². The Bertz CT molecular complexity index is 320. The summed E-state index contributed by atoms with van der Waals surface area (Å²) in [7, 11) is 0. The van der Waals surface area contributed by atoms with Gasteiger partial charge in [0.05, 0.1) is 12.4 Å². The lowest BCUT2D eigenvalue weighted by Gasteiger charge is -2.19. The van der Waals surface area contributed by atoms with Crippen molar-refractivity contribution in [1.29, 1.82) is 0 Å². The van der Waals surface area contributed by atoms with Gasteiger partial charge in [0.15, 0.2) is 0 Å². The van der Waals surface area contributed by atoms with Crippen molar-refractivity contribution in [3.8, 4) is 0 Å². The predicted octanol–water partition coefficient (Wildman–Crippen LogP) is 0.955. The van der Waals surface area contributed by atoms with E-state index >= 15 is 0 Å². The highest BCUT2D eigenvalue weighted by atomic mass is 15.2. The number of nitrogens with one attached hydrogen (secondary N) is 1. The number of nitrogens with zero attached hydrogens (tertiary/aromatic N) is 3. The summed E-state index contributed by atoms with van der Waals surface area (Å²) in [6.07, 6.45) is 5.95. The molecule has 1 fully saturated rings. The Morgan fingerprint density at radius 1 is 1.44 bits per heavy atom. The van der Waals surface area contributed by atoms with Gasteiger partial charge in [-0.05, 0) is 19.4 Å². The molecule has 16 heavy (non-hydrogen) atoms. The molecule has 0 spiro atoms. The predicted molar refractivity (Wildman–Crippen MR) is 65.2 cm³/mol. The summed E-state index contributed by atoms with van der Waals surface area (Å²) in [5.74, 6) is 1.25. The second-order valence-corrected chi connectivity index (χ2v) is 4.11. The molecule has 5 heteroatoms. The van der Waals surface area contributed by atoms with Gasteiger partial charge < -0.3 is 11.1 Å². The van der Waals surface area contributed by atoms with E-state index in [1.165, 1.54) is 12.8 Å². The molecule has 0 aromatic carbocycles. The molecular weight excluding hydrogens is 202 g/mol. The fraction of sp³-hybridized carbons (Fsp3) is 0.636. The number of hydrogen-bond acceptors (Lipinski definition) is 5. The third-order valence-corrected chi connectivity index (χ3v) is 2.85. The lowest BCUT2D eigenvalue weighted by Crippen LogP contribution is -2.31. The van der Waals surface area contributed by atoms with Crippen LogP contribution in [0.3, 0.4) is 0 Å². The maximum absolute atomic E-state index is 5.46. The Balaban J connectivity index is 1.72. The van der Waals surface area contributed by atoms with Crippen LogP contribution in [0.2, 0.25) is 0 Å². The lowest BCUT2D eigenvalue weighted by atomic mass is 10.4. The van der Waals surface area contributed by atoms with Gasteiger partial charge in [-0.2, -0.15) is 0 Å². The Kier molecular flexibility index (Phi) is 3.56. The van der Waals surface area contributed by atoms with E-state index in [-0.39, 0.29) is 0 Å². The first kappa shape index (κ1) is 11.1. The zero-order chi connectivity index (χ0) is 11.4. The lowest BCUT2D eigenvalue weighted by molar-refractivity contribution is 0.289. The number of nitrogen functional groups attached to an aromatic ring is 1. The van der Waals surface area contributed by atoms with Crippen molar-refractivity contribution in [3.05, 3.63) is 12.4 Å². The summed E-state index contributed by atoms with van der Waals surface area (Å²) in [5, 5.41) is 3.25. The van der Waals surface area contributed by atoms with Gasteiger partial charge >= 0.3 is 0 Å². The second kappa shape index (κ2) is 5.12. The van der Waals surface area contributed by atoms with Gasteiger partial charge in [0.25, 0.3) is 0 Å². The van der Waals surface area contributed by atoms with Crippen molar-refractivity contribution in [3.63, 3.8) is 0 Å². The zero-order valence-electron chi connectivity index (χ0n) is 9.69. The molecule has 0 bridgehead atoms. The van der Waals surface area contributed by atoms with E-state index in [1.807, 2.05) is 0 Å². The third kappa shape index (κ3) is 3.06. The van der Waals surface area contributed by atoms with E-state index in [2.05, 4.69) is 27.1 Å². The summed E-state index contributed by atoms with van der Waals surface area (Å²) >= 11 is 0. The van der Waals surface area contributed by atoms with Crippen molar-refractivity contribution >= 4 is 11.6 Å². The first-order valence-corrected chi connectivity index (χ1v) is 5.85. The molecule has 0 saturated heterocycles. The molecule has 0 aliphatic heterocycles. The molecule has 1 heterocycles. The quantitative estimate of drug-likeness (QED) is 0.748. The Hall–Kier alpha value is -1.36. The highest BCUT2D eigenvalue weighted by Crippen LogP contribution is 2.25. The first-order valence-electron chi connectivity index (χ1n) is 5.85. The maximum atomic E-state index is 5.46. The number of nitrogens with two attached hydrogens (primary N) is 1. The fourth-order valence-corrected chi connectivity index (χ4v) is 1.80. The number of aromatic nitrogens is 2. The minimum absolute atomic E-state index is 0.457. The SMILES string of the molecule is CCN(CCNc1cnc(N)cn1)C1CC1. The van der Waals surface area contributed by atoms with Crippen LogP contribution in [0.5, 0.6) is 0 Å². The molecule has 0 amide bonds. The van der Waals surface area contributed by atoms with E-state index in [1.54, 1.807) is 12.4 Å². The zero-order valence-corrected chi connectivity index (χ0v) is 9.69. The average Bonchev–Trinajstić information content (AvgIpc) is 3.11. The molecule has 0 radical (unpaired) electrons. The molecule has 0 atom stereocenters. The van der Waals surface area contributed by atoms with Gasteiger partial charge in [-0.1, -0.05) is 6.92 Å². The molecule has 1 aromatic rings. The van der Waals surface area contributed by atoms with Gasteiger partial charge in [0, 0.05) is 19.1 Å². The molecular formula is C11H19N5. The van der Waals surface area contributed by atoms with Crippen LogP contribution >= 0.6 is 0 Å². The van der Waals surface area contributed by atoms with Crippen molar-refractivity contribution in [2.75, 3.05) is 30.7 Å². The largest absolute Gasteiger partial charge is 0.382 e. The summed E-state index contributed by atoms with van der Waals surface area (Å²) in [4.78, 5) is 10.6. The van der Waals surface area contributed by atoms with Crippen molar-refractivity contribution in [2.45, 2.75) is 25.8 Å². The standard InChI is InChI=1S/C11H19N5/c1-2-16(9-3-4-9)6-5-13-11-8-14-10(12)7-15-11/h7-9H,2-6H2,1H3,(H2,12,14)(H,13,15). The number of likely N-dealkylation sites (N-methyl/N-ethyl adjacent to an activating group) is 1.